The predicted octanol–water partition coefficient (Wildman–Crippen LogP) is 0.622. The van der Waals surface area contributed by atoms with Gasteiger partial charge in [-0.3, -0.25) is 4.79 Å². The fraction of sp³-hybridized carbons (Fsp3) is 0.214. The third-order valence-electron chi connectivity index (χ3n) is 2.73. The quantitative estimate of drug-likeness (QED) is 0.564. The second-order valence-electron chi connectivity index (χ2n) is 4.04. The summed E-state index contributed by atoms with van der Waals surface area (Å²) < 4.78 is 0. The molecule has 1 rings (SSSR count). The molecule has 1 atom stereocenters. The molecular weight excluding hydrogens is 240 g/mol. The zero-order valence-corrected chi connectivity index (χ0v) is 11.0. The molecule has 1 unspecified atom stereocenters. The van der Waals surface area contributed by atoms with Gasteiger partial charge in [0.15, 0.2) is 0 Å². The van der Waals surface area contributed by atoms with Gasteiger partial charge in [-0.1, -0.05) is 18.7 Å². The Morgan fingerprint density at radius 2 is 2.05 bits per heavy atom. The molecule has 19 heavy (non-hydrogen) atoms. The lowest BCUT2D eigenvalue weighted by Gasteiger charge is -2.14. The first kappa shape index (κ1) is 14.9. The molecule has 6 N–H and O–H groups in total. The SMILES string of the molecule is C=C(/C=C\N)NC(=O)c1ccc(C(CN)NC)cc1. The Morgan fingerprint density at radius 1 is 1.42 bits per heavy atom. The van der Waals surface area contributed by atoms with E-state index in [0.717, 1.165) is 5.56 Å². The van der Waals surface area contributed by atoms with Crippen LogP contribution in [0.2, 0.25) is 0 Å². The average molecular weight is 260 g/mol. The van der Waals surface area contributed by atoms with Gasteiger partial charge < -0.3 is 22.1 Å². The van der Waals surface area contributed by atoms with E-state index < -0.39 is 0 Å². The molecule has 0 fully saturated rings. The van der Waals surface area contributed by atoms with E-state index in [1.165, 1.54) is 12.3 Å². The van der Waals surface area contributed by atoms with Crippen LogP contribution in [-0.4, -0.2) is 19.5 Å². The Labute approximate surface area is 113 Å². The van der Waals surface area contributed by atoms with Crippen molar-refractivity contribution < 1.29 is 4.79 Å². The van der Waals surface area contributed by atoms with E-state index in [2.05, 4.69) is 17.2 Å². The van der Waals surface area contributed by atoms with Crippen LogP contribution in [0.25, 0.3) is 0 Å². The van der Waals surface area contributed by atoms with E-state index in [0.29, 0.717) is 17.8 Å². The highest BCUT2D eigenvalue weighted by atomic mass is 16.1. The Morgan fingerprint density at radius 3 is 2.53 bits per heavy atom. The van der Waals surface area contributed by atoms with Crippen molar-refractivity contribution in [2.24, 2.45) is 11.5 Å². The number of allylic oxidation sites excluding steroid dienone is 1. The molecule has 1 aromatic carbocycles. The number of carbonyl (C=O) groups is 1. The number of rotatable bonds is 6. The van der Waals surface area contributed by atoms with Gasteiger partial charge in [-0.05, 0) is 37.0 Å². The van der Waals surface area contributed by atoms with E-state index in [-0.39, 0.29) is 11.9 Å². The van der Waals surface area contributed by atoms with Gasteiger partial charge in [-0.15, -0.1) is 0 Å². The first-order chi connectivity index (χ1) is 9.12. The molecule has 0 aliphatic rings. The summed E-state index contributed by atoms with van der Waals surface area (Å²) in [5.74, 6) is -0.219. The van der Waals surface area contributed by atoms with Crippen molar-refractivity contribution in [1.29, 1.82) is 0 Å². The summed E-state index contributed by atoms with van der Waals surface area (Å²) in [5.41, 5.74) is 12.9. The van der Waals surface area contributed by atoms with Crippen LogP contribution in [0, 0.1) is 0 Å². The lowest BCUT2D eigenvalue weighted by Crippen LogP contribution is -2.25. The molecule has 0 radical (unpaired) electrons. The first-order valence-electron chi connectivity index (χ1n) is 5.98. The molecule has 0 bridgehead atoms. The molecule has 0 aliphatic carbocycles. The molecule has 5 nitrogen and oxygen atoms in total. The molecule has 1 amide bonds. The van der Waals surface area contributed by atoms with Gasteiger partial charge in [0, 0.05) is 23.8 Å². The number of hydrogen-bond donors (Lipinski definition) is 4. The molecule has 0 aromatic heterocycles. The number of carbonyl (C=O) groups excluding carboxylic acids is 1. The molecule has 1 aromatic rings. The zero-order valence-electron chi connectivity index (χ0n) is 11.0. The Kier molecular flexibility index (Phi) is 5.78. The summed E-state index contributed by atoms with van der Waals surface area (Å²) in [6.07, 6.45) is 2.85. The minimum Gasteiger partial charge on any atom is -0.405 e. The van der Waals surface area contributed by atoms with Crippen molar-refractivity contribution in [3.05, 3.63) is 59.9 Å². The van der Waals surface area contributed by atoms with Crippen LogP contribution >= 0.6 is 0 Å². The Hall–Kier alpha value is -2.11. The minimum absolute atomic E-state index is 0.0900. The number of benzene rings is 1. The molecule has 0 saturated heterocycles. The molecular formula is C14H20N4O. The van der Waals surface area contributed by atoms with Crippen LogP contribution in [0.3, 0.4) is 0 Å². The second-order valence-corrected chi connectivity index (χ2v) is 4.04. The highest BCUT2D eigenvalue weighted by molar-refractivity contribution is 5.95. The van der Waals surface area contributed by atoms with E-state index in [9.17, 15) is 4.79 Å². The van der Waals surface area contributed by atoms with Crippen molar-refractivity contribution in [2.45, 2.75) is 6.04 Å². The van der Waals surface area contributed by atoms with Crippen LogP contribution in [0.1, 0.15) is 22.0 Å². The van der Waals surface area contributed by atoms with Crippen molar-refractivity contribution in [3.8, 4) is 0 Å². The number of nitrogens with two attached hydrogens (primary N) is 2. The highest BCUT2D eigenvalue weighted by Crippen LogP contribution is 2.12. The lowest BCUT2D eigenvalue weighted by molar-refractivity contribution is 0.0967. The molecule has 0 heterocycles. The van der Waals surface area contributed by atoms with Gasteiger partial charge in [0.05, 0.1) is 0 Å². The second kappa shape index (κ2) is 7.35. The summed E-state index contributed by atoms with van der Waals surface area (Å²) in [6, 6.07) is 7.36. The van der Waals surface area contributed by atoms with Gasteiger partial charge in [0.1, 0.15) is 0 Å². The number of likely N-dealkylation sites (N-methyl/N-ethyl adjacent to an activating group) is 1. The number of nitrogens with one attached hydrogen (secondary N) is 2. The van der Waals surface area contributed by atoms with Gasteiger partial charge in [-0.2, -0.15) is 0 Å². The van der Waals surface area contributed by atoms with Crippen molar-refractivity contribution >= 4 is 5.91 Å². The molecule has 5 heteroatoms. The maximum absolute atomic E-state index is 11.9. The fourth-order valence-corrected chi connectivity index (χ4v) is 1.66. The largest absolute Gasteiger partial charge is 0.405 e. The van der Waals surface area contributed by atoms with Crippen molar-refractivity contribution in [3.63, 3.8) is 0 Å². The fourth-order valence-electron chi connectivity index (χ4n) is 1.66. The van der Waals surface area contributed by atoms with E-state index in [1.54, 1.807) is 12.1 Å². The van der Waals surface area contributed by atoms with E-state index >= 15 is 0 Å². The highest BCUT2D eigenvalue weighted by Gasteiger charge is 2.09. The van der Waals surface area contributed by atoms with Crippen molar-refractivity contribution in [2.75, 3.05) is 13.6 Å². The number of hydrogen-bond acceptors (Lipinski definition) is 4. The summed E-state index contributed by atoms with van der Waals surface area (Å²) in [6.45, 7) is 4.16. The standard InChI is InChI=1S/C14H20N4O/c1-10(7-8-15)18-14(19)12-5-3-11(4-6-12)13(9-16)17-2/h3-8,13,17H,1,9,15-16H2,2H3,(H,18,19)/b8-7-. The predicted molar refractivity (Wildman–Crippen MR) is 77.2 cm³/mol. The maximum Gasteiger partial charge on any atom is 0.255 e. The van der Waals surface area contributed by atoms with E-state index in [1.807, 2.05) is 19.2 Å². The third kappa shape index (κ3) is 4.24. The van der Waals surface area contributed by atoms with Crippen LogP contribution in [0.15, 0.2) is 48.8 Å². The summed E-state index contributed by atoms with van der Waals surface area (Å²) >= 11 is 0. The van der Waals surface area contributed by atoms with Gasteiger partial charge in [0.25, 0.3) is 5.91 Å². The zero-order chi connectivity index (χ0) is 14.3. The van der Waals surface area contributed by atoms with Gasteiger partial charge in [-0.25, -0.2) is 0 Å². The summed E-state index contributed by atoms with van der Waals surface area (Å²) in [7, 11) is 1.85. The first-order valence-corrected chi connectivity index (χ1v) is 5.98. The third-order valence-corrected chi connectivity index (χ3v) is 2.73. The van der Waals surface area contributed by atoms with Gasteiger partial charge in [0.2, 0.25) is 0 Å². The van der Waals surface area contributed by atoms with Crippen molar-refractivity contribution in [1.82, 2.24) is 10.6 Å². The smallest absolute Gasteiger partial charge is 0.255 e. The minimum atomic E-state index is -0.219. The molecule has 102 valence electrons. The monoisotopic (exact) mass is 260 g/mol. The summed E-state index contributed by atoms with van der Waals surface area (Å²) in [4.78, 5) is 11.9. The van der Waals surface area contributed by atoms with Crippen LogP contribution in [0.4, 0.5) is 0 Å². The molecule has 0 spiro atoms. The Bertz CT molecular complexity index is 461. The van der Waals surface area contributed by atoms with Gasteiger partial charge >= 0.3 is 0 Å². The Balaban J connectivity index is 2.75. The van der Waals surface area contributed by atoms with E-state index in [4.69, 9.17) is 11.5 Å². The molecule has 0 saturated carbocycles. The lowest BCUT2D eigenvalue weighted by atomic mass is 10.0. The van der Waals surface area contributed by atoms with Crippen LogP contribution in [-0.2, 0) is 0 Å². The maximum atomic E-state index is 11.9. The van der Waals surface area contributed by atoms with Crippen LogP contribution in [0.5, 0.6) is 0 Å². The average Bonchev–Trinajstić information content (AvgIpc) is 2.41. The number of amides is 1. The summed E-state index contributed by atoms with van der Waals surface area (Å²) in [5, 5.41) is 5.74. The normalized spacial score (nSPS) is 12.3. The topological polar surface area (TPSA) is 93.2 Å². The molecule has 0 aliphatic heterocycles. The van der Waals surface area contributed by atoms with Crippen LogP contribution < -0.4 is 22.1 Å².